The van der Waals surface area contributed by atoms with Crippen LogP contribution in [0.4, 0.5) is 0 Å². The topological polar surface area (TPSA) is 46.2 Å². The van der Waals surface area contributed by atoms with Crippen LogP contribution in [0.25, 0.3) is 0 Å². The largest absolute Gasteiger partial charge is 0.509 e. The fraction of sp³-hybridized carbons (Fsp3) is 0. The maximum absolute atomic E-state index is 8.61. The van der Waals surface area contributed by atoms with E-state index < -0.39 is 0 Å². The molecule has 0 aliphatic rings. The van der Waals surface area contributed by atoms with E-state index in [0.29, 0.717) is 5.70 Å². The smallest absolute Gasteiger partial charge is 0.110 e. The van der Waals surface area contributed by atoms with Crippen LogP contribution in [0.3, 0.4) is 0 Å². The summed E-state index contributed by atoms with van der Waals surface area (Å²) in [7, 11) is 0. The van der Waals surface area contributed by atoms with Crippen molar-refractivity contribution in [1.82, 2.24) is 0 Å². The zero-order chi connectivity index (χ0) is 7.98. The third kappa shape index (κ3) is 4.71. The summed E-state index contributed by atoms with van der Waals surface area (Å²) in [6.45, 7) is 6.70. The van der Waals surface area contributed by atoms with Gasteiger partial charge in [-0.15, -0.1) is 0 Å². The van der Waals surface area contributed by atoms with Crippen molar-refractivity contribution in [2.24, 2.45) is 5.73 Å². The molecule has 0 unspecified atom stereocenters. The molecule has 0 amide bonds. The lowest BCUT2D eigenvalue weighted by Gasteiger charge is -1.89. The average Bonchev–Trinajstić information content (AvgIpc) is 1.82. The van der Waals surface area contributed by atoms with Crippen molar-refractivity contribution >= 4 is 0 Å². The molecule has 0 aromatic carbocycles. The predicted molar refractivity (Wildman–Crippen MR) is 43.4 cm³/mol. The standard InChI is InChI=1S/C8H11NO/c1-3-4-5-8(9)6-7(2)10/h3-6,10H,1-2,9H2/b5-4-,8-6+. The van der Waals surface area contributed by atoms with Crippen LogP contribution in [0.15, 0.2) is 48.9 Å². The van der Waals surface area contributed by atoms with Crippen LogP contribution < -0.4 is 5.73 Å². The zero-order valence-corrected chi connectivity index (χ0v) is 5.75. The van der Waals surface area contributed by atoms with E-state index in [1.807, 2.05) is 0 Å². The predicted octanol–water partition coefficient (Wildman–Crippen LogP) is 1.64. The van der Waals surface area contributed by atoms with Crippen LogP contribution in [-0.2, 0) is 0 Å². The Bertz CT molecular complexity index is 189. The lowest BCUT2D eigenvalue weighted by atomic mass is 10.3. The quantitative estimate of drug-likeness (QED) is 0.459. The number of rotatable bonds is 3. The number of hydrogen-bond acceptors (Lipinski definition) is 2. The minimum atomic E-state index is -0.0498. The number of hydrogen-bond donors (Lipinski definition) is 2. The molecule has 0 aliphatic heterocycles. The molecule has 2 heteroatoms. The van der Waals surface area contributed by atoms with E-state index >= 15 is 0 Å². The highest BCUT2D eigenvalue weighted by Gasteiger charge is 1.81. The van der Waals surface area contributed by atoms with Crippen molar-refractivity contribution in [2.45, 2.75) is 0 Å². The molecule has 3 N–H and O–H groups in total. The number of aliphatic hydroxyl groups excluding tert-OH is 1. The van der Waals surface area contributed by atoms with Gasteiger partial charge in [0.2, 0.25) is 0 Å². The Labute approximate surface area is 60.7 Å². The number of nitrogens with two attached hydrogens (primary N) is 1. The lowest BCUT2D eigenvalue weighted by Crippen LogP contribution is -1.92. The molecule has 0 spiro atoms. The van der Waals surface area contributed by atoms with Crippen molar-refractivity contribution in [3.05, 3.63) is 48.9 Å². The first-order valence-corrected chi connectivity index (χ1v) is 2.81. The van der Waals surface area contributed by atoms with Crippen molar-refractivity contribution in [2.75, 3.05) is 0 Å². The van der Waals surface area contributed by atoms with E-state index in [2.05, 4.69) is 13.2 Å². The van der Waals surface area contributed by atoms with Crippen LogP contribution in [0.1, 0.15) is 0 Å². The van der Waals surface area contributed by atoms with Gasteiger partial charge in [-0.1, -0.05) is 25.3 Å². The van der Waals surface area contributed by atoms with Crippen LogP contribution >= 0.6 is 0 Å². The molecule has 0 aromatic heterocycles. The van der Waals surface area contributed by atoms with Crippen molar-refractivity contribution in [3.8, 4) is 0 Å². The Balaban J connectivity index is 4.06. The Morgan fingerprint density at radius 1 is 1.50 bits per heavy atom. The summed E-state index contributed by atoms with van der Waals surface area (Å²) in [4.78, 5) is 0. The molecular formula is C8H11NO. The molecule has 0 rings (SSSR count). The van der Waals surface area contributed by atoms with Gasteiger partial charge in [0.1, 0.15) is 5.76 Å². The van der Waals surface area contributed by atoms with Crippen LogP contribution in [0, 0.1) is 0 Å². The number of allylic oxidation sites excluding steroid dienone is 4. The van der Waals surface area contributed by atoms with E-state index in [-0.39, 0.29) is 5.76 Å². The van der Waals surface area contributed by atoms with Crippen molar-refractivity contribution in [3.63, 3.8) is 0 Å². The number of aliphatic hydroxyl groups is 1. The summed E-state index contributed by atoms with van der Waals surface area (Å²) < 4.78 is 0. The molecule has 54 valence electrons. The van der Waals surface area contributed by atoms with E-state index in [1.165, 1.54) is 6.08 Å². The van der Waals surface area contributed by atoms with Gasteiger partial charge >= 0.3 is 0 Å². The highest BCUT2D eigenvalue weighted by atomic mass is 16.3. The van der Waals surface area contributed by atoms with Gasteiger partial charge in [0.05, 0.1) is 0 Å². The monoisotopic (exact) mass is 137 g/mol. The van der Waals surface area contributed by atoms with Gasteiger partial charge in [-0.25, -0.2) is 0 Å². The van der Waals surface area contributed by atoms with Gasteiger partial charge in [-0.05, 0) is 6.08 Å². The zero-order valence-electron chi connectivity index (χ0n) is 5.75. The summed E-state index contributed by atoms with van der Waals surface area (Å²) in [5, 5.41) is 8.61. The first kappa shape index (κ1) is 8.56. The summed E-state index contributed by atoms with van der Waals surface area (Å²) in [6.07, 6.45) is 6.25. The van der Waals surface area contributed by atoms with E-state index in [4.69, 9.17) is 10.8 Å². The highest BCUT2D eigenvalue weighted by Crippen LogP contribution is 1.92. The summed E-state index contributed by atoms with van der Waals surface area (Å²) in [6, 6.07) is 0. The second-order valence-electron chi connectivity index (χ2n) is 1.73. The van der Waals surface area contributed by atoms with Gasteiger partial charge in [0.25, 0.3) is 0 Å². The van der Waals surface area contributed by atoms with Crippen LogP contribution in [0.5, 0.6) is 0 Å². The first-order chi connectivity index (χ1) is 4.66. The molecule has 0 saturated heterocycles. The lowest BCUT2D eigenvalue weighted by molar-refractivity contribution is 0.434. The third-order valence-electron chi connectivity index (χ3n) is 0.758. The minimum absolute atomic E-state index is 0.0498. The Hall–Kier alpha value is -1.44. The third-order valence-corrected chi connectivity index (χ3v) is 0.758. The summed E-state index contributed by atoms with van der Waals surface area (Å²) in [5.74, 6) is -0.0498. The van der Waals surface area contributed by atoms with Crippen molar-refractivity contribution in [1.29, 1.82) is 0 Å². The Morgan fingerprint density at radius 2 is 2.10 bits per heavy atom. The molecule has 0 atom stereocenters. The van der Waals surface area contributed by atoms with Gasteiger partial charge in [0, 0.05) is 11.8 Å². The highest BCUT2D eigenvalue weighted by molar-refractivity contribution is 5.24. The molecule has 0 fully saturated rings. The van der Waals surface area contributed by atoms with Gasteiger partial charge in [-0.3, -0.25) is 0 Å². The molecule has 0 radical (unpaired) electrons. The van der Waals surface area contributed by atoms with Crippen molar-refractivity contribution < 1.29 is 5.11 Å². The fourth-order valence-corrected chi connectivity index (χ4v) is 0.420. The maximum atomic E-state index is 8.61. The first-order valence-electron chi connectivity index (χ1n) is 2.81. The van der Waals surface area contributed by atoms with Gasteiger partial charge < -0.3 is 10.8 Å². The van der Waals surface area contributed by atoms with Crippen LogP contribution in [-0.4, -0.2) is 5.11 Å². The molecule has 0 aromatic rings. The average molecular weight is 137 g/mol. The van der Waals surface area contributed by atoms with Gasteiger partial charge in [-0.2, -0.15) is 0 Å². The fourth-order valence-electron chi connectivity index (χ4n) is 0.420. The minimum Gasteiger partial charge on any atom is -0.509 e. The van der Waals surface area contributed by atoms with Gasteiger partial charge in [0.15, 0.2) is 0 Å². The molecule has 10 heavy (non-hydrogen) atoms. The SMILES string of the molecule is C=C/C=C\C(N)=C/C(=C)O. The second kappa shape index (κ2) is 4.44. The Kier molecular flexibility index (Phi) is 3.80. The molecular weight excluding hydrogens is 126 g/mol. The molecule has 0 heterocycles. The molecule has 0 bridgehead atoms. The molecule has 2 nitrogen and oxygen atoms in total. The van der Waals surface area contributed by atoms with E-state index in [0.717, 1.165) is 0 Å². The normalized spacial score (nSPS) is 11.8. The summed E-state index contributed by atoms with van der Waals surface area (Å²) in [5.41, 5.74) is 5.82. The maximum Gasteiger partial charge on any atom is 0.110 e. The second-order valence-corrected chi connectivity index (χ2v) is 1.73. The van der Waals surface area contributed by atoms with E-state index in [1.54, 1.807) is 18.2 Å². The Morgan fingerprint density at radius 3 is 2.50 bits per heavy atom. The molecule has 0 aliphatic carbocycles. The van der Waals surface area contributed by atoms with Crippen LogP contribution in [0.2, 0.25) is 0 Å². The summed E-state index contributed by atoms with van der Waals surface area (Å²) >= 11 is 0. The molecule has 0 saturated carbocycles. The van der Waals surface area contributed by atoms with E-state index in [9.17, 15) is 0 Å².